The predicted molar refractivity (Wildman–Crippen MR) is 53.3 cm³/mol. The Bertz CT molecular complexity index is 258. The Kier molecular flexibility index (Phi) is 3.29. The number of hydrogen-bond acceptors (Lipinski definition) is 1. The average Bonchev–Trinajstić information content (AvgIpc) is 2.06. The van der Waals surface area contributed by atoms with E-state index in [1.165, 1.54) is 0 Å². The lowest BCUT2D eigenvalue weighted by molar-refractivity contribution is 0.680. The van der Waals surface area contributed by atoms with E-state index in [1.54, 1.807) is 0 Å². The summed E-state index contributed by atoms with van der Waals surface area (Å²) < 4.78 is 14.2. The van der Waals surface area contributed by atoms with Crippen molar-refractivity contribution >= 4 is 16.7 Å². The van der Waals surface area contributed by atoms with Gasteiger partial charge in [0.2, 0.25) is 0 Å². The van der Waals surface area contributed by atoms with Gasteiger partial charge in [0, 0.05) is 10.9 Å². The summed E-state index contributed by atoms with van der Waals surface area (Å²) in [6, 6.07) is 9.57. The third-order valence-electron chi connectivity index (χ3n) is 1.42. The molecule has 1 unspecified atom stereocenters. The highest BCUT2D eigenvalue weighted by Gasteiger charge is 2.03. The first kappa shape index (κ1) is 9.26. The maximum Gasteiger partial charge on any atom is 0.119 e. The van der Waals surface area contributed by atoms with Crippen LogP contribution in [0.3, 0.4) is 0 Å². The number of anilines is 1. The molecular formula is C9H13NOS. The van der Waals surface area contributed by atoms with Crippen LogP contribution >= 0.6 is 0 Å². The number of nitrogens with one attached hydrogen (secondary N) is 1. The number of para-hydroxylation sites is 1. The van der Waals surface area contributed by atoms with Crippen molar-refractivity contribution < 1.29 is 4.21 Å². The topological polar surface area (TPSA) is 29.1 Å². The maximum atomic E-state index is 11.3. The molecule has 0 radical (unpaired) electrons. The molecule has 0 fully saturated rings. The fourth-order valence-corrected chi connectivity index (χ4v) is 1.34. The van der Waals surface area contributed by atoms with Crippen LogP contribution in [0.5, 0.6) is 0 Å². The quantitative estimate of drug-likeness (QED) is 0.764. The molecule has 0 aliphatic heterocycles. The predicted octanol–water partition coefficient (Wildman–Crippen LogP) is 2.17. The molecule has 0 saturated carbocycles. The SMILES string of the molecule is CC(C)S(=O)Nc1ccccc1. The Morgan fingerprint density at radius 3 is 2.33 bits per heavy atom. The lowest BCUT2D eigenvalue weighted by Crippen LogP contribution is -2.14. The van der Waals surface area contributed by atoms with E-state index < -0.39 is 11.0 Å². The van der Waals surface area contributed by atoms with Crippen molar-refractivity contribution in [3.8, 4) is 0 Å². The van der Waals surface area contributed by atoms with Crippen LogP contribution in [0.1, 0.15) is 13.8 Å². The van der Waals surface area contributed by atoms with Crippen LogP contribution in [-0.4, -0.2) is 9.46 Å². The summed E-state index contributed by atoms with van der Waals surface area (Å²) in [7, 11) is -0.973. The minimum atomic E-state index is -0.973. The van der Waals surface area contributed by atoms with Crippen molar-refractivity contribution in [2.45, 2.75) is 19.1 Å². The van der Waals surface area contributed by atoms with Gasteiger partial charge in [-0.15, -0.1) is 0 Å². The molecule has 12 heavy (non-hydrogen) atoms. The van der Waals surface area contributed by atoms with E-state index in [1.807, 2.05) is 44.2 Å². The molecule has 0 amide bonds. The van der Waals surface area contributed by atoms with E-state index in [-0.39, 0.29) is 5.25 Å². The Morgan fingerprint density at radius 2 is 1.83 bits per heavy atom. The zero-order chi connectivity index (χ0) is 8.97. The van der Waals surface area contributed by atoms with Gasteiger partial charge >= 0.3 is 0 Å². The average molecular weight is 183 g/mol. The molecule has 3 heteroatoms. The van der Waals surface area contributed by atoms with Gasteiger partial charge in [0.05, 0.1) is 0 Å². The second-order valence-corrected chi connectivity index (χ2v) is 4.56. The summed E-state index contributed by atoms with van der Waals surface area (Å²) in [5.41, 5.74) is 0.907. The first-order valence-electron chi connectivity index (χ1n) is 3.92. The third kappa shape index (κ3) is 2.66. The summed E-state index contributed by atoms with van der Waals surface area (Å²) in [6.07, 6.45) is 0. The molecule has 1 aromatic carbocycles. The van der Waals surface area contributed by atoms with Gasteiger partial charge in [0.15, 0.2) is 0 Å². The fraction of sp³-hybridized carbons (Fsp3) is 0.333. The zero-order valence-electron chi connectivity index (χ0n) is 7.28. The molecule has 0 heterocycles. The van der Waals surface area contributed by atoms with Crippen LogP contribution in [0.2, 0.25) is 0 Å². The molecule has 1 aromatic rings. The number of rotatable bonds is 3. The monoisotopic (exact) mass is 183 g/mol. The Balaban J connectivity index is 2.59. The summed E-state index contributed by atoms with van der Waals surface area (Å²) in [5, 5.41) is 0.144. The van der Waals surface area contributed by atoms with Crippen LogP contribution in [0.4, 0.5) is 5.69 Å². The van der Waals surface area contributed by atoms with E-state index in [9.17, 15) is 4.21 Å². The lowest BCUT2D eigenvalue weighted by atomic mass is 10.3. The Hall–Kier alpha value is -0.830. The first-order valence-corrected chi connectivity index (χ1v) is 5.13. The van der Waals surface area contributed by atoms with Gasteiger partial charge in [-0.25, -0.2) is 4.21 Å². The molecule has 2 nitrogen and oxygen atoms in total. The van der Waals surface area contributed by atoms with Gasteiger partial charge in [-0.1, -0.05) is 18.2 Å². The van der Waals surface area contributed by atoms with Gasteiger partial charge in [-0.2, -0.15) is 0 Å². The Morgan fingerprint density at radius 1 is 1.25 bits per heavy atom. The molecule has 0 aromatic heterocycles. The second-order valence-electron chi connectivity index (χ2n) is 2.81. The van der Waals surface area contributed by atoms with Gasteiger partial charge in [0.1, 0.15) is 11.0 Å². The molecule has 66 valence electrons. The smallest absolute Gasteiger partial charge is 0.119 e. The molecule has 0 aliphatic rings. The van der Waals surface area contributed by atoms with E-state index >= 15 is 0 Å². The second kappa shape index (κ2) is 4.26. The van der Waals surface area contributed by atoms with Gasteiger partial charge in [0.25, 0.3) is 0 Å². The van der Waals surface area contributed by atoms with Gasteiger partial charge in [-0.05, 0) is 26.0 Å². The minimum absolute atomic E-state index is 0.144. The highest BCUT2D eigenvalue weighted by molar-refractivity contribution is 7.86. The summed E-state index contributed by atoms with van der Waals surface area (Å²) in [4.78, 5) is 0. The molecule has 0 bridgehead atoms. The maximum absolute atomic E-state index is 11.3. The number of benzene rings is 1. The van der Waals surface area contributed by atoms with Crippen LogP contribution in [-0.2, 0) is 11.0 Å². The third-order valence-corrected chi connectivity index (χ3v) is 2.71. The van der Waals surface area contributed by atoms with Crippen molar-refractivity contribution in [3.05, 3.63) is 30.3 Å². The molecule has 0 spiro atoms. The Labute approximate surface area is 75.6 Å². The van der Waals surface area contributed by atoms with Crippen LogP contribution < -0.4 is 4.72 Å². The molecular weight excluding hydrogens is 170 g/mol. The zero-order valence-corrected chi connectivity index (χ0v) is 8.10. The van der Waals surface area contributed by atoms with Gasteiger partial charge in [-0.3, -0.25) is 0 Å². The standard InChI is InChI=1S/C9H13NOS/c1-8(2)12(11)10-9-6-4-3-5-7-9/h3-8,10H,1-2H3. The number of hydrogen-bond donors (Lipinski definition) is 1. The van der Waals surface area contributed by atoms with Crippen molar-refractivity contribution in [2.24, 2.45) is 0 Å². The van der Waals surface area contributed by atoms with Crippen LogP contribution in [0.25, 0.3) is 0 Å². The van der Waals surface area contributed by atoms with Gasteiger partial charge < -0.3 is 4.72 Å². The first-order chi connectivity index (χ1) is 5.70. The van der Waals surface area contributed by atoms with Crippen LogP contribution in [0.15, 0.2) is 30.3 Å². The van der Waals surface area contributed by atoms with E-state index in [2.05, 4.69) is 4.72 Å². The molecule has 1 atom stereocenters. The van der Waals surface area contributed by atoms with Crippen molar-refractivity contribution in [3.63, 3.8) is 0 Å². The van der Waals surface area contributed by atoms with Crippen molar-refractivity contribution in [1.82, 2.24) is 0 Å². The lowest BCUT2D eigenvalue weighted by Gasteiger charge is -2.07. The minimum Gasteiger partial charge on any atom is -0.305 e. The van der Waals surface area contributed by atoms with E-state index in [4.69, 9.17) is 0 Å². The van der Waals surface area contributed by atoms with Crippen molar-refractivity contribution in [2.75, 3.05) is 4.72 Å². The summed E-state index contributed by atoms with van der Waals surface area (Å²) >= 11 is 0. The fourth-order valence-electron chi connectivity index (χ4n) is 0.740. The molecule has 0 saturated heterocycles. The summed E-state index contributed by atoms with van der Waals surface area (Å²) in [6.45, 7) is 3.85. The normalized spacial score (nSPS) is 12.9. The van der Waals surface area contributed by atoms with Crippen LogP contribution in [0, 0.1) is 0 Å². The highest BCUT2D eigenvalue weighted by atomic mass is 32.2. The molecule has 0 aliphatic carbocycles. The van der Waals surface area contributed by atoms with Crippen molar-refractivity contribution in [1.29, 1.82) is 0 Å². The van der Waals surface area contributed by atoms with E-state index in [0.29, 0.717) is 0 Å². The molecule has 1 rings (SSSR count). The largest absolute Gasteiger partial charge is 0.305 e. The highest BCUT2D eigenvalue weighted by Crippen LogP contribution is 2.07. The summed E-state index contributed by atoms with van der Waals surface area (Å²) in [5.74, 6) is 0. The molecule has 1 N–H and O–H groups in total. The van der Waals surface area contributed by atoms with E-state index in [0.717, 1.165) is 5.69 Å².